The second-order valence-corrected chi connectivity index (χ2v) is 5.11. The summed E-state index contributed by atoms with van der Waals surface area (Å²) in [5.41, 5.74) is 0.461. The molecule has 0 saturated heterocycles. The molecule has 4 nitrogen and oxygen atoms in total. The van der Waals surface area contributed by atoms with Gasteiger partial charge in [0, 0.05) is 18.6 Å². The summed E-state index contributed by atoms with van der Waals surface area (Å²) in [6.45, 7) is 3.13. The lowest BCUT2D eigenvalue weighted by Crippen LogP contribution is -2.35. The van der Waals surface area contributed by atoms with E-state index in [2.05, 4.69) is 15.9 Å². The Morgan fingerprint density at radius 3 is 2.44 bits per heavy atom. The molecule has 0 bridgehead atoms. The van der Waals surface area contributed by atoms with E-state index in [1.165, 1.54) is 11.8 Å². The van der Waals surface area contributed by atoms with E-state index in [0.717, 1.165) is 4.47 Å². The van der Waals surface area contributed by atoms with Gasteiger partial charge in [0.25, 0.3) is 5.91 Å². The van der Waals surface area contributed by atoms with Crippen LogP contribution in [0.1, 0.15) is 24.2 Å². The van der Waals surface area contributed by atoms with Crippen molar-refractivity contribution < 1.29 is 14.3 Å². The molecule has 0 saturated carbocycles. The third-order valence-corrected chi connectivity index (χ3v) is 2.91. The van der Waals surface area contributed by atoms with Crippen LogP contribution in [-0.4, -0.2) is 36.8 Å². The molecule has 18 heavy (non-hydrogen) atoms. The topological polar surface area (TPSA) is 46.6 Å². The maximum Gasteiger partial charge on any atom is 0.262 e. The van der Waals surface area contributed by atoms with Crippen LogP contribution in [0, 0.1) is 0 Å². The average molecular weight is 314 g/mol. The average Bonchev–Trinajstić information content (AvgIpc) is 2.29. The highest BCUT2D eigenvalue weighted by Crippen LogP contribution is 2.24. The smallest absolute Gasteiger partial charge is 0.262 e. The number of carbonyl (C=O) groups excluding carboxylic acids is 2. The molecule has 0 aromatic heterocycles. The summed E-state index contributed by atoms with van der Waals surface area (Å²) >= 11 is 3.30. The standard InChI is InChI=1S/C13H16BrNO3/c1-8(16)11-7-10(14)5-6-12(11)18-9(2)13(17)15(3)4/h5-7,9H,1-4H3. The van der Waals surface area contributed by atoms with Crippen molar-refractivity contribution in [1.29, 1.82) is 0 Å². The fourth-order valence-corrected chi connectivity index (χ4v) is 1.85. The molecule has 1 rings (SSSR count). The third-order valence-electron chi connectivity index (χ3n) is 2.41. The van der Waals surface area contributed by atoms with Crippen molar-refractivity contribution >= 4 is 27.6 Å². The first kappa shape index (κ1) is 14.7. The summed E-state index contributed by atoms with van der Waals surface area (Å²) in [6, 6.07) is 5.14. The Bertz CT molecular complexity index is 471. The highest BCUT2D eigenvalue weighted by atomic mass is 79.9. The van der Waals surface area contributed by atoms with Crippen LogP contribution in [0.25, 0.3) is 0 Å². The summed E-state index contributed by atoms with van der Waals surface area (Å²) in [7, 11) is 3.32. The number of benzene rings is 1. The fourth-order valence-electron chi connectivity index (χ4n) is 1.48. The monoisotopic (exact) mass is 313 g/mol. The van der Waals surface area contributed by atoms with Crippen LogP contribution in [-0.2, 0) is 4.79 Å². The molecule has 98 valence electrons. The molecule has 1 atom stereocenters. The molecule has 0 fully saturated rings. The Morgan fingerprint density at radius 2 is 1.94 bits per heavy atom. The van der Waals surface area contributed by atoms with Gasteiger partial charge < -0.3 is 9.64 Å². The molecular weight excluding hydrogens is 298 g/mol. The van der Waals surface area contributed by atoms with Crippen LogP contribution in [0.5, 0.6) is 5.75 Å². The molecule has 1 aromatic rings. The summed E-state index contributed by atoms with van der Waals surface area (Å²) in [5, 5.41) is 0. The van der Waals surface area contributed by atoms with Gasteiger partial charge in [-0.15, -0.1) is 0 Å². The summed E-state index contributed by atoms with van der Waals surface area (Å²) in [5.74, 6) is 0.177. The number of likely N-dealkylation sites (N-methyl/N-ethyl adjacent to an activating group) is 1. The van der Waals surface area contributed by atoms with Gasteiger partial charge in [0.15, 0.2) is 11.9 Å². The van der Waals surface area contributed by atoms with Gasteiger partial charge in [0.05, 0.1) is 5.56 Å². The van der Waals surface area contributed by atoms with Crippen LogP contribution in [0.2, 0.25) is 0 Å². The predicted octanol–water partition coefficient (Wildman–Crippen LogP) is 2.51. The number of hydrogen-bond donors (Lipinski definition) is 0. The molecule has 0 aliphatic heterocycles. The van der Waals surface area contributed by atoms with Crippen LogP contribution >= 0.6 is 15.9 Å². The van der Waals surface area contributed by atoms with E-state index in [1.54, 1.807) is 39.2 Å². The number of ether oxygens (including phenoxy) is 1. The van der Waals surface area contributed by atoms with Gasteiger partial charge in [-0.25, -0.2) is 0 Å². The predicted molar refractivity (Wildman–Crippen MR) is 72.9 cm³/mol. The third kappa shape index (κ3) is 3.57. The molecule has 1 unspecified atom stereocenters. The quantitative estimate of drug-likeness (QED) is 0.802. The van der Waals surface area contributed by atoms with E-state index >= 15 is 0 Å². The lowest BCUT2D eigenvalue weighted by Gasteiger charge is -2.19. The zero-order chi connectivity index (χ0) is 13.9. The van der Waals surface area contributed by atoms with E-state index in [9.17, 15) is 9.59 Å². The van der Waals surface area contributed by atoms with Gasteiger partial charge in [-0.3, -0.25) is 9.59 Å². The first-order valence-corrected chi connectivity index (χ1v) is 6.30. The van der Waals surface area contributed by atoms with Crippen molar-refractivity contribution in [3.8, 4) is 5.75 Å². The van der Waals surface area contributed by atoms with E-state index in [-0.39, 0.29) is 11.7 Å². The highest BCUT2D eigenvalue weighted by Gasteiger charge is 2.19. The number of ketones is 1. The lowest BCUT2D eigenvalue weighted by atomic mass is 10.1. The molecule has 0 heterocycles. The first-order chi connectivity index (χ1) is 8.32. The largest absolute Gasteiger partial charge is 0.480 e. The minimum atomic E-state index is -0.626. The molecule has 0 aliphatic carbocycles. The Labute approximate surface area is 115 Å². The van der Waals surface area contributed by atoms with Crippen LogP contribution in [0.4, 0.5) is 0 Å². The molecule has 1 aromatic carbocycles. The van der Waals surface area contributed by atoms with Gasteiger partial charge in [-0.05, 0) is 32.0 Å². The molecule has 1 amide bonds. The first-order valence-electron chi connectivity index (χ1n) is 5.51. The highest BCUT2D eigenvalue weighted by molar-refractivity contribution is 9.10. The van der Waals surface area contributed by atoms with Gasteiger partial charge in [0.1, 0.15) is 5.75 Å². The Hall–Kier alpha value is -1.36. The summed E-state index contributed by atoms with van der Waals surface area (Å²) in [4.78, 5) is 24.7. The van der Waals surface area contributed by atoms with Crippen LogP contribution in [0.3, 0.4) is 0 Å². The summed E-state index contributed by atoms with van der Waals surface area (Å²) < 4.78 is 6.35. The SMILES string of the molecule is CC(=O)c1cc(Br)ccc1OC(C)C(=O)N(C)C. The van der Waals surface area contributed by atoms with Crippen molar-refractivity contribution in [3.63, 3.8) is 0 Å². The minimum absolute atomic E-state index is 0.101. The molecule has 0 spiro atoms. The Kier molecular flexibility index (Phi) is 4.90. The van der Waals surface area contributed by atoms with Crippen molar-refractivity contribution in [2.24, 2.45) is 0 Å². The van der Waals surface area contributed by atoms with Crippen molar-refractivity contribution in [2.45, 2.75) is 20.0 Å². The number of amides is 1. The second kappa shape index (κ2) is 6.00. The van der Waals surface area contributed by atoms with E-state index in [0.29, 0.717) is 11.3 Å². The minimum Gasteiger partial charge on any atom is -0.480 e. The maximum absolute atomic E-state index is 11.7. The van der Waals surface area contributed by atoms with Crippen LogP contribution in [0.15, 0.2) is 22.7 Å². The second-order valence-electron chi connectivity index (χ2n) is 4.19. The number of halogens is 1. The Morgan fingerprint density at radius 1 is 1.33 bits per heavy atom. The Balaban J connectivity index is 2.97. The molecule has 0 aliphatic rings. The number of carbonyl (C=O) groups is 2. The lowest BCUT2D eigenvalue weighted by molar-refractivity contribution is -0.135. The van der Waals surface area contributed by atoms with Gasteiger partial charge in [-0.1, -0.05) is 15.9 Å². The van der Waals surface area contributed by atoms with Crippen molar-refractivity contribution in [1.82, 2.24) is 4.90 Å². The molecular formula is C13H16BrNO3. The molecule has 0 N–H and O–H groups in total. The van der Waals surface area contributed by atoms with Crippen molar-refractivity contribution in [2.75, 3.05) is 14.1 Å². The van der Waals surface area contributed by atoms with Crippen LogP contribution < -0.4 is 4.74 Å². The number of Topliss-reactive ketones (excluding diaryl/α,β-unsaturated/α-hetero) is 1. The number of nitrogens with zero attached hydrogens (tertiary/aromatic N) is 1. The van der Waals surface area contributed by atoms with E-state index < -0.39 is 6.10 Å². The van der Waals surface area contributed by atoms with Crippen molar-refractivity contribution in [3.05, 3.63) is 28.2 Å². The normalized spacial score (nSPS) is 11.8. The molecule has 0 radical (unpaired) electrons. The summed E-state index contributed by atoms with van der Waals surface area (Å²) in [6.07, 6.45) is -0.626. The van der Waals surface area contributed by atoms with E-state index in [1.807, 2.05) is 0 Å². The number of hydrogen-bond acceptors (Lipinski definition) is 3. The molecule has 5 heteroatoms. The van der Waals surface area contributed by atoms with Gasteiger partial charge in [0.2, 0.25) is 0 Å². The van der Waals surface area contributed by atoms with E-state index in [4.69, 9.17) is 4.74 Å². The van der Waals surface area contributed by atoms with Gasteiger partial charge in [-0.2, -0.15) is 0 Å². The fraction of sp³-hybridized carbons (Fsp3) is 0.385. The maximum atomic E-state index is 11.7. The number of rotatable bonds is 4. The zero-order valence-corrected chi connectivity index (χ0v) is 12.4. The zero-order valence-electron chi connectivity index (χ0n) is 10.9. The van der Waals surface area contributed by atoms with Gasteiger partial charge >= 0.3 is 0 Å².